The van der Waals surface area contributed by atoms with Gasteiger partial charge in [0.15, 0.2) is 0 Å². The highest BCUT2D eigenvalue weighted by Gasteiger charge is 2.52. The first-order valence-electron chi connectivity index (χ1n) is 12.4. The molecule has 0 radical (unpaired) electrons. The fourth-order valence-electron chi connectivity index (χ4n) is 6.07. The first-order chi connectivity index (χ1) is 14.0. The normalized spacial score (nSPS) is 33.2. The minimum atomic E-state index is -0.481. The molecule has 3 nitrogen and oxygen atoms in total. The summed E-state index contributed by atoms with van der Waals surface area (Å²) in [5, 5.41) is 30.4. The summed E-state index contributed by atoms with van der Waals surface area (Å²) >= 11 is 0. The Bertz CT molecular complexity index is 589. The highest BCUT2D eigenvalue weighted by atomic mass is 16.3. The highest BCUT2D eigenvalue weighted by molar-refractivity contribution is 5.19. The third-order valence-corrected chi connectivity index (χ3v) is 9.27. The zero-order chi connectivity index (χ0) is 22.6. The molecule has 174 valence electrons. The molecular weight excluding hydrogens is 372 g/mol. The first-order valence-corrected chi connectivity index (χ1v) is 12.4. The van der Waals surface area contributed by atoms with E-state index in [9.17, 15) is 15.3 Å². The van der Waals surface area contributed by atoms with Crippen LogP contribution in [0.2, 0.25) is 0 Å². The summed E-state index contributed by atoms with van der Waals surface area (Å²) < 4.78 is 0. The fraction of sp³-hybridized carbons (Fsp3) is 0.852. The van der Waals surface area contributed by atoms with Gasteiger partial charge in [-0.15, -0.1) is 0 Å². The van der Waals surface area contributed by atoms with Crippen LogP contribution in [0, 0.1) is 22.7 Å². The molecule has 0 saturated heterocycles. The van der Waals surface area contributed by atoms with Gasteiger partial charge in [0.25, 0.3) is 0 Å². The van der Waals surface area contributed by atoms with Gasteiger partial charge < -0.3 is 15.3 Å². The second-order valence-corrected chi connectivity index (χ2v) is 11.2. The molecule has 2 rings (SSSR count). The van der Waals surface area contributed by atoms with Gasteiger partial charge in [0.1, 0.15) is 0 Å². The van der Waals surface area contributed by atoms with Crippen molar-refractivity contribution in [1.82, 2.24) is 0 Å². The lowest BCUT2D eigenvalue weighted by molar-refractivity contribution is 0.00991. The SMILES string of the molecule is CCC(O)(CC)CCC[C@@H](C)[C@@]1(C)CC[C@@H](/C=C/C=C2C[C@@H](O)C[C@H](O)C2)C1(C)C. The van der Waals surface area contributed by atoms with Crippen LogP contribution >= 0.6 is 0 Å². The summed E-state index contributed by atoms with van der Waals surface area (Å²) in [5.41, 5.74) is 1.19. The maximum Gasteiger partial charge on any atom is 0.0642 e. The van der Waals surface area contributed by atoms with Crippen LogP contribution in [0.3, 0.4) is 0 Å². The molecule has 0 aromatic carbocycles. The van der Waals surface area contributed by atoms with E-state index < -0.39 is 17.8 Å². The van der Waals surface area contributed by atoms with Gasteiger partial charge in [0.2, 0.25) is 0 Å². The van der Waals surface area contributed by atoms with Crippen molar-refractivity contribution in [3.8, 4) is 0 Å². The van der Waals surface area contributed by atoms with Crippen molar-refractivity contribution in [2.45, 2.75) is 124 Å². The Morgan fingerprint density at radius 1 is 1.10 bits per heavy atom. The molecule has 30 heavy (non-hydrogen) atoms. The average Bonchev–Trinajstić information content (AvgIpc) is 2.91. The van der Waals surface area contributed by atoms with Crippen LogP contribution in [0.5, 0.6) is 0 Å². The number of allylic oxidation sites excluding steroid dienone is 3. The van der Waals surface area contributed by atoms with Crippen molar-refractivity contribution >= 4 is 0 Å². The summed E-state index contributed by atoms with van der Waals surface area (Å²) in [4.78, 5) is 0. The Hall–Kier alpha value is -0.640. The maximum absolute atomic E-state index is 10.6. The van der Waals surface area contributed by atoms with E-state index in [0.29, 0.717) is 36.5 Å². The molecule has 0 aromatic rings. The molecule has 0 unspecified atom stereocenters. The van der Waals surface area contributed by atoms with Gasteiger partial charge >= 0.3 is 0 Å². The van der Waals surface area contributed by atoms with Crippen LogP contribution < -0.4 is 0 Å². The third-order valence-electron chi connectivity index (χ3n) is 9.27. The standard InChI is InChI=1S/C27H48O3/c1-7-27(30,8-2)15-10-11-20(3)26(6)16-14-22(25(26,4)5)13-9-12-21-17-23(28)19-24(29)18-21/h9,12-13,20,22-24,28-30H,7-8,10-11,14-19H2,1-6H3/b13-9+/t20-,22-,23-,24-,26-/m1/s1. The predicted octanol–water partition coefficient (Wildman–Crippen LogP) is 6.17. The number of rotatable bonds is 9. The Morgan fingerprint density at radius 2 is 1.70 bits per heavy atom. The topological polar surface area (TPSA) is 60.7 Å². The van der Waals surface area contributed by atoms with Crippen LogP contribution in [0.25, 0.3) is 0 Å². The summed E-state index contributed by atoms with van der Waals surface area (Å²) in [6.45, 7) is 13.9. The van der Waals surface area contributed by atoms with E-state index in [4.69, 9.17) is 0 Å². The minimum Gasteiger partial charge on any atom is -0.393 e. The van der Waals surface area contributed by atoms with Crippen molar-refractivity contribution in [1.29, 1.82) is 0 Å². The lowest BCUT2D eigenvalue weighted by Gasteiger charge is -2.46. The van der Waals surface area contributed by atoms with Crippen molar-refractivity contribution in [3.63, 3.8) is 0 Å². The summed E-state index contributed by atoms with van der Waals surface area (Å²) in [6.07, 6.45) is 15.1. The number of hydrogen-bond acceptors (Lipinski definition) is 3. The Kier molecular flexibility index (Phi) is 8.81. The van der Waals surface area contributed by atoms with Gasteiger partial charge in [0, 0.05) is 0 Å². The number of aliphatic hydroxyl groups excluding tert-OH is 2. The molecular formula is C27H48O3. The molecule has 0 spiro atoms. The molecule has 2 fully saturated rings. The van der Waals surface area contributed by atoms with E-state index in [1.54, 1.807) is 0 Å². The smallest absolute Gasteiger partial charge is 0.0642 e. The Balaban J connectivity index is 1.97. The highest BCUT2D eigenvalue weighted by Crippen LogP contribution is 2.60. The van der Waals surface area contributed by atoms with Crippen molar-refractivity contribution in [2.75, 3.05) is 0 Å². The van der Waals surface area contributed by atoms with Gasteiger partial charge in [-0.05, 0) is 74.0 Å². The number of aliphatic hydroxyl groups is 3. The molecule has 2 saturated carbocycles. The fourth-order valence-corrected chi connectivity index (χ4v) is 6.07. The van der Waals surface area contributed by atoms with Crippen LogP contribution in [0.1, 0.15) is 106 Å². The second-order valence-electron chi connectivity index (χ2n) is 11.2. The molecule has 0 heterocycles. The molecule has 0 bridgehead atoms. The van der Waals surface area contributed by atoms with Gasteiger partial charge in [-0.25, -0.2) is 0 Å². The van der Waals surface area contributed by atoms with E-state index in [1.807, 2.05) is 0 Å². The van der Waals surface area contributed by atoms with Crippen molar-refractivity contribution in [2.24, 2.45) is 22.7 Å². The first kappa shape index (κ1) is 25.6. The Labute approximate surface area is 185 Å². The summed E-state index contributed by atoms with van der Waals surface area (Å²) in [5.74, 6) is 1.18. The van der Waals surface area contributed by atoms with Crippen LogP contribution in [0.4, 0.5) is 0 Å². The quantitative estimate of drug-likeness (QED) is 0.418. The lowest BCUT2D eigenvalue weighted by atomic mass is 9.59. The van der Waals surface area contributed by atoms with Crippen molar-refractivity contribution < 1.29 is 15.3 Å². The van der Waals surface area contributed by atoms with Gasteiger partial charge in [-0.1, -0.05) is 78.2 Å². The van der Waals surface area contributed by atoms with Crippen LogP contribution in [-0.4, -0.2) is 33.1 Å². The molecule has 5 atom stereocenters. The molecule has 2 aliphatic carbocycles. The van der Waals surface area contributed by atoms with E-state index in [1.165, 1.54) is 19.3 Å². The molecule has 0 aliphatic heterocycles. The van der Waals surface area contributed by atoms with Gasteiger partial charge in [0.05, 0.1) is 17.8 Å². The van der Waals surface area contributed by atoms with Gasteiger partial charge in [-0.3, -0.25) is 0 Å². The summed E-state index contributed by atoms with van der Waals surface area (Å²) in [7, 11) is 0. The van der Waals surface area contributed by atoms with E-state index in [-0.39, 0.29) is 5.41 Å². The zero-order valence-corrected chi connectivity index (χ0v) is 20.5. The lowest BCUT2D eigenvalue weighted by Crippen LogP contribution is -2.39. The molecule has 3 N–H and O–H groups in total. The second kappa shape index (κ2) is 10.3. The van der Waals surface area contributed by atoms with E-state index in [0.717, 1.165) is 31.3 Å². The largest absolute Gasteiger partial charge is 0.393 e. The Morgan fingerprint density at radius 3 is 2.27 bits per heavy atom. The monoisotopic (exact) mass is 420 g/mol. The molecule has 2 aliphatic rings. The maximum atomic E-state index is 10.6. The van der Waals surface area contributed by atoms with Crippen LogP contribution in [0.15, 0.2) is 23.8 Å². The van der Waals surface area contributed by atoms with E-state index in [2.05, 4.69) is 59.8 Å². The minimum absolute atomic E-state index is 0.221. The average molecular weight is 421 g/mol. The molecule has 0 aromatic heterocycles. The van der Waals surface area contributed by atoms with Crippen LogP contribution in [-0.2, 0) is 0 Å². The van der Waals surface area contributed by atoms with E-state index >= 15 is 0 Å². The number of hydrogen-bond donors (Lipinski definition) is 3. The van der Waals surface area contributed by atoms with Crippen molar-refractivity contribution in [3.05, 3.63) is 23.8 Å². The molecule has 3 heteroatoms. The zero-order valence-electron chi connectivity index (χ0n) is 20.5. The third kappa shape index (κ3) is 5.78. The summed E-state index contributed by atoms with van der Waals surface area (Å²) in [6, 6.07) is 0. The molecule has 0 amide bonds. The van der Waals surface area contributed by atoms with Gasteiger partial charge in [-0.2, -0.15) is 0 Å². The predicted molar refractivity (Wildman–Crippen MR) is 126 cm³/mol.